The van der Waals surface area contributed by atoms with E-state index < -0.39 is 18.0 Å². The van der Waals surface area contributed by atoms with E-state index in [9.17, 15) is 14.4 Å². The van der Waals surface area contributed by atoms with Crippen molar-refractivity contribution in [2.75, 3.05) is 12.9 Å². The van der Waals surface area contributed by atoms with Gasteiger partial charge in [0, 0.05) is 11.8 Å². The van der Waals surface area contributed by atoms with E-state index >= 15 is 0 Å². The molecule has 0 radical (unpaired) electrons. The second-order valence-electron chi connectivity index (χ2n) is 7.74. The lowest BCUT2D eigenvalue weighted by Gasteiger charge is -2.24. The third-order valence-corrected chi connectivity index (χ3v) is 7.09. The zero-order valence-corrected chi connectivity index (χ0v) is 21.4. The predicted molar refractivity (Wildman–Crippen MR) is 136 cm³/mol. The van der Waals surface area contributed by atoms with Crippen LogP contribution in [0.1, 0.15) is 37.9 Å². The van der Waals surface area contributed by atoms with Crippen molar-refractivity contribution in [1.29, 1.82) is 0 Å². The van der Waals surface area contributed by atoms with E-state index in [-0.39, 0.29) is 12.2 Å². The number of esters is 2. The molecule has 0 amide bonds. The number of benzene rings is 2. The first-order valence-electron chi connectivity index (χ1n) is 10.9. The van der Waals surface area contributed by atoms with Crippen LogP contribution in [0.15, 0.2) is 74.5 Å². The first kappa shape index (κ1) is 24.7. The average Bonchev–Trinajstić information content (AvgIpc) is 3.12. The van der Waals surface area contributed by atoms with Gasteiger partial charge in [0.1, 0.15) is 5.75 Å². The van der Waals surface area contributed by atoms with E-state index in [0.717, 1.165) is 10.5 Å². The SMILES string of the molecule is CCOC(=O)C1=C(C)N=c2sc(=Cc3cccc(OC(C)=O)c3)c(=O)n2C1c1ccc(SC)cc1. The summed E-state index contributed by atoms with van der Waals surface area (Å²) in [6.45, 7) is 5.06. The number of aromatic nitrogens is 1. The van der Waals surface area contributed by atoms with Crippen molar-refractivity contribution in [3.63, 3.8) is 0 Å². The summed E-state index contributed by atoms with van der Waals surface area (Å²) in [5.41, 5.74) is 2.10. The number of fused-ring (bicyclic) bond motifs is 1. The standard InChI is InChI=1S/C26H24N2O5S2/c1-5-32-25(31)22-15(2)27-26-28(23(22)18-9-11-20(34-4)12-10-18)24(30)21(35-26)14-17-7-6-8-19(13-17)33-16(3)29/h6-14,23H,5H2,1-4H3. The van der Waals surface area contributed by atoms with E-state index in [1.807, 2.05) is 36.6 Å². The van der Waals surface area contributed by atoms with E-state index in [2.05, 4.69) is 4.99 Å². The largest absolute Gasteiger partial charge is 0.463 e. The van der Waals surface area contributed by atoms with Crippen LogP contribution in [0.3, 0.4) is 0 Å². The molecule has 9 heteroatoms. The highest BCUT2D eigenvalue weighted by atomic mass is 32.2. The molecule has 1 aromatic heterocycles. The van der Waals surface area contributed by atoms with Crippen LogP contribution < -0.4 is 19.6 Å². The fourth-order valence-corrected chi connectivity index (χ4v) is 5.33. The van der Waals surface area contributed by atoms with Crippen molar-refractivity contribution in [2.24, 2.45) is 4.99 Å². The van der Waals surface area contributed by atoms with Gasteiger partial charge in [-0.3, -0.25) is 14.2 Å². The molecule has 0 saturated heterocycles. The van der Waals surface area contributed by atoms with Gasteiger partial charge in [-0.1, -0.05) is 35.6 Å². The second kappa shape index (κ2) is 10.5. The molecule has 0 fully saturated rings. The van der Waals surface area contributed by atoms with Crippen molar-refractivity contribution in [3.05, 3.63) is 90.6 Å². The maximum Gasteiger partial charge on any atom is 0.338 e. The summed E-state index contributed by atoms with van der Waals surface area (Å²) in [6.07, 6.45) is 3.72. The van der Waals surface area contributed by atoms with E-state index in [4.69, 9.17) is 9.47 Å². The van der Waals surface area contributed by atoms with E-state index in [1.54, 1.807) is 54.5 Å². The number of nitrogens with zero attached hydrogens (tertiary/aromatic N) is 2. The van der Waals surface area contributed by atoms with Crippen LogP contribution >= 0.6 is 23.1 Å². The molecule has 4 rings (SSSR count). The lowest BCUT2D eigenvalue weighted by molar-refractivity contribution is -0.139. The minimum Gasteiger partial charge on any atom is -0.463 e. The van der Waals surface area contributed by atoms with Crippen LogP contribution in [0.5, 0.6) is 5.75 Å². The highest BCUT2D eigenvalue weighted by molar-refractivity contribution is 7.98. The minimum absolute atomic E-state index is 0.219. The smallest absolute Gasteiger partial charge is 0.338 e. The molecule has 7 nitrogen and oxygen atoms in total. The molecule has 2 heterocycles. The second-order valence-corrected chi connectivity index (χ2v) is 9.63. The van der Waals surface area contributed by atoms with Crippen molar-refractivity contribution in [2.45, 2.75) is 31.7 Å². The van der Waals surface area contributed by atoms with Gasteiger partial charge in [-0.15, -0.1) is 11.8 Å². The van der Waals surface area contributed by atoms with Gasteiger partial charge in [0.2, 0.25) is 0 Å². The zero-order valence-electron chi connectivity index (χ0n) is 19.7. The third-order valence-electron chi connectivity index (χ3n) is 5.37. The molecule has 0 N–H and O–H groups in total. The number of carbonyl (C=O) groups is 2. The number of allylic oxidation sites excluding steroid dienone is 1. The normalized spacial score (nSPS) is 15.4. The zero-order chi connectivity index (χ0) is 25.1. The lowest BCUT2D eigenvalue weighted by atomic mass is 9.96. The Morgan fingerprint density at radius 1 is 1.20 bits per heavy atom. The van der Waals surface area contributed by atoms with Crippen LogP contribution in [-0.2, 0) is 14.3 Å². The van der Waals surface area contributed by atoms with Crippen molar-refractivity contribution in [3.8, 4) is 5.75 Å². The summed E-state index contributed by atoms with van der Waals surface area (Å²) >= 11 is 2.86. The Morgan fingerprint density at radius 2 is 1.94 bits per heavy atom. The summed E-state index contributed by atoms with van der Waals surface area (Å²) < 4.78 is 12.5. The Hall–Kier alpha value is -3.43. The Labute approximate surface area is 210 Å². The van der Waals surface area contributed by atoms with Crippen molar-refractivity contribution < 1.29 is 19.1 Å². The number of carbonyl (C=O) groups excluding carboxylic acids is 2. The summed E-state index contributed by atoms with van der Waals surface area (Å²) in [6, 6.07) is 14.1. The first-order valence-corrected chi connectivity index (χ1v) is 13.0. The minimum atomic E-state index is -0.657. The molecular weight excluding hydrogens is 484 g/mol. The van der Waals surface area contributed by atoms with Gasteiger partial charge in [0.05, 0.1) is 28.5 Å². The lowest BCUT2D eigenvalue weighted by Crippen LogP contribution is -2.39. The third kappa shape index (κ3) is 5.16. The van der Waals surface area contributed by atoms with Crippen molar-refractivity contribution in [1.82, 2.24) is 4.57 Å². The molecule has 0 bridgehead atoms. The average molecular weight is 509 g/mol. The van der Waals surface area contributed by atoms with Crippen LogP contribution in [-0.4, -0.2) is 29.4 Å². The van der Waals surface area contributed by atoms with Gasteiger partial charge in [0.25, 0.3) is 5.56 Å². The number of hydrogen-bond donors (Lipinski definition) is 0. The number of thiazole rings is 1. The number of ether oxygens (including phenoxy) is 2. The molecule has 1 aliphatic rings. The fraction of sp³-hybridized carbons (Fsp3) is 0.231. The summed E-state index contributed by atoms with van der Waals surface area (Å²) in [7, 11) is 0. The molecule has 0 aliphatic carbocycles. The van der Waals surface area contributed by atoms with Gasteiger partial charge < -0.3 is 9.47 Å². The summed E-state index contributed by atoms with van der Waals surface area (Å²) in [4.78, 5) is 44.1. The van der Waals surface area contributed by atoms with Crippen LogP contribution in [0.4, 0.5) is 0 Å². The maximum absolute atomic E-state index is 13.6. The van der Waals surface area contributed by atoms with Crippen LogP contribution in [0, 0.1) is 0 Å². The molecule has 1 unspecified atom stereocenters. The van der Waals surface area contributed by atoms with Gasteiger partial charge in [-0.2, -0.15) is 0 Å². The van der Waals surface area contributed by atoms with Gasteiger partial charge >= 0.3 is 11.9 Å². The molecule has 0 saturated carbocycles. The maximum atomic E-state index is 13.6. The van der Waals surface area contributed by atoms with Gasteiger partial charge in [-0.05, 0) is 61.6 Å². The molecule has 35 heavy (non-hydrogen) atoms. The molecular formula is C26H24N2O5S2. The monoisotopic (exact) mass is 508 g/mol. The molecule has 0 spiro atoms. The number of hydrogen-bond acceptors (Lipinski definition) is 8. The molecule has 1 atom stereocenters. The fourth-order valence-electron chi connectivity index (χ4n) is 3.88. The van der Waals surface area contributed by atoms with E-state index in [1.165, 1.54) is 18.3 Å². The first-order chi connectivity index (χ1) is 16.8. The highest BCUT2D eigenvalue weighted by Crippen LogP contribution is 2.31. The van der Waals surface area contributed by atoms with Gasteiger partial charge in [0.15, 0.2) is 4.80 Å². The molecule has 1 aliphatic heterocycles. The molecule has 3 aromatic rings. The van der Waals surface area contributed by atoms with Crippen LogP contribution in [0.2, 0.25) is 0 Å². The van der Waals surface area contributed by atoms with Crippen molar-refractivity contribution >= 4 is 41.1 Å². The number of thioether (sulfide) groups is 1. The summed E-state index contributed by atoms with van der Waals surface area (Å²) in [5.74, 6) is -0.515. The summed E-state index contributed by atoms with van der Waals surface area (Å²) in [5, 5.41) is 0. The molecule has 180 valence electrons. The Bertz CT molecular complexity index is 1500. The van der Waals surface area contributed by atoms with Gasteiger partial charge in [-0.25, -0.2) is 9.79 Å². The Morgan fingerprint density at radius 3 is 2.60 bits per heavy atom. The topological polar surface area (TPSA) is 87.0 Å². The number of rotatable bonds is 6. The Kier molecular flexibility index (Phi) is 7.37. The van der Waals surface area contributed by atoms with Crippen LogP contribution in [0.25, 0.3) is 6.08 Å². The molecule has 2 aromatic carbocycles. The predicted octanol–water partition coefficient (Wildman–Crippen LogP) is 3.45. The van der Waals surface area contributed by atoms with E-state index in [0.29, 0.717) is 31.9 Å². The quantitative estimate of drug-likeness (QED) is 0.288. The highest BCUT2D eigenvalue weighted by Gasteiger charge is 2.33. The Balaban J connectivity index is 1.89.